The molecule has 1 aromatic heterocycles. The van der Waals surface area contributed by atoms with Crippen LogP contribution in [0.5, 0.6) is 11.6 Å². The van der Waals surface area contributed by atoms with E-state index < -0.39 is 0 Å². The average Bonchev–Trinajstić information content (AvgIpc) is 2.50. The van der Waals surface area contributed by atoms with Crippen LogP contribution in [0.25, 0.3) is 6.08 Å². The number of ether oxygens (including phenoxy) is 1. The van der Waals surface area contributed by atoms with Crippen molar-refractivity contribution in [2.45, 2.75) is 19.9 Å². The second kappa shape index (κ2) is 7.99. The largest absolute Gasteiger partial charge is 0.439 e. The van der Waals surface area contributed by atoms with Crippen LogP contribution in [0, 0.1) is 0 Å². The van der Waals surface area contributed by atoms with Crippen LogP contribution in [0.4, 0.5) is 0 Å². The molecule has 0 spiro atoms. The molecule has 1 N–H and O–H groups in total. The van der Waals surface area contributed by atoms with Crippen molar-refractivity contribution in [3.05, 3.63) is 58.2 Å². The highest BCUT2D eigenvalue weighted by atomic mass is 35.5. The fourth-order valence-electron chi connectivity index (χ4n) is 1.84. The molecule has 4 nitrogen and oxygen atoms in total. The molecule has 120 valence electrons. The van der Waals surface area contributed by atoms with Crippen molar-refractivity contribution in [3.63, 3.8) is 0 Å². The van der Waals surface area contributed by atoms with Crippen molar-refractivity contribution in [2.24, 2.45) is 0 Å². The highest BCUT2D eigenvalue weighted by Crippen LogP contribution is 2.28. The van der Waals surface area contributed by atoms with Crippen molar-refractivity contribution in [2.75, 3.05) is 0 Å². The molecule has 2 rings (SSSR count). The molecule has 0 bridgehead atoms. The number of rotatable bonds is 5. The summed E-state index contributed by atoms with van der Waals surface area (Å²) in [7, 11) is 0. The number of carbonyl (C=O) groups excluding carboxylic acids is 1. The number of halogens is 2. The number of pyridine rings is 1. The zero-order valence-electron chi connectivity index (χ0n) is 12.7. The lowest BCUT2D eigenvalue weighted by Crippen LogP contribution is -2.28. The smallest absolute Gasteiger partial charge is 0.219 e. The monoisotopic (exact) mass is 350 g/mol. The number of carbonyl (C=O) groups is 1. The van der Waals surface area contributed by atoms with Gasteiger partial charge in [0.05, 0.1) is 10.0 Å². The van der Waals surface area contributed by atoms with Crippen molar-refractivity contribution in [1.82, 2.24) is 10.3 Å². The summed E-state index contributed by atoms with van der Waals surface area (Å²) in [6, 6.07) is 8.61. The summed E-state index contributed by atoms with van der Waals surface area (Å²) in [6.07, 6.45) is 5.46. The minimum absolute atomic E-state index is 0.0420. The molecule has 1 amide bonds. The number of hydrogen-bond donors (Lipinski definition) is 1. The Kier molecular flexibility index (Phi) is 6.02. The molecule has 0 aliphatic carbocycles. The Morgan fingerprint density at radius 2 is 2.04 bits per heavy atom. The van der Waals surface area contributed by atoms with Gasteiger partial charge >= 0.3 is 0 Å². The minimum Gasteiger partial charge on any atom is -0.439 e. The maximum atomic E-state index is 10.9. The first-order valence-electron chi connectivity index (χ1n) is 6.98. The molecule has 2 aromatic rings. The number of hydrogen-bond acceptors (Lipinski definition) is 3. The maximum Gasteiger partial charge on any atom is 0.219 e. The first-order valence-corrected chi connectivity index (χ1v) is 7.74. The van der Waals surface area contributed by atoms with Gasteiger partial charge in [-0.3, -0.25) is 4.79 Å². The zero-order chi connectivity index (χ0) is 16.8. The molecule has 0 radical (unpaired) electrons. The van der Waals surface area contributed by atoms with Gasteiger partial charge in [-0.1, -0.05) is 35.4 Å². The molecule has 0 aliphatic heterocycles. The molecular weight excluding hydrogens is 335 g/mol. The highest BCUT2D eigenvalue weighted by Gasteiger charge is 2.03. The third kappa shape index (κ3) is 5.58. The second-order valence-electron chi connectivity index (χ2n) is 4.96. The average molecular weight is 351 g/mol. The molecule has 0 unspecified atom stereocenters. The molecular formula is C17H16Cl2N2O2. The van der Waals surface area contributed by atoms with Gasteiger partial charge in [0.25, 0.3) is 0 Å². The van der Waals surface area contributed by atoms with E-state index in [1.807, 2.05) is 25.1 Å². The fraction of sp³-hybridized carbons (Fsp3) is 0.176. The molecule has 0 saturated carbocycles. The van der Waals surface area contributed by atoms with Gasteiger partial charge in [0.2, 0.25) is 11.8 Å². The Hall–Kier alpha value is -2.04. The van der Waals surface area contributed by atoms with E-state index in [0.717, 1.165) is 5.56 Å². The number of nitrogens with one attached hydrogen (secondary N) is 1. The summed E-state index contributed by atoms with van der Waals surface area (Å²) >= 11 is 11.8. The van der Waals surface area contributed by atoms with Crippen molar-refractivity contribution >= 4 is 35.2 Å². The van der Waals surface area contributed by atoms with E-state index >= 15 is 0 Å². The summed E-state index contributed by atoms with van der Waals surface area (Å²) in [4.78, 5) is 15.2. The molecule has 0 fully saturated rings. The van der Waals surface area contributed by atoms with E-state index in [4.69, 9.17) is 27.9 Å². The summed E-state index contributed by atoms with van der Waals surface area (Å²) in [5, 5.41) is 3.67. The zero-order valence-corrected chi connectivity index (χ0v) is 14.2. The van der Waals surface area contributed by atoms with Crippen LogP contribution in [0.1, 0.15) is 19.4 Å². The molecule has 0 aliphatic rings. The lowest BCUT2D eigenvalue weighted by atomic mass is 10.2. The van der Waals surface area contributed by atoms with Crippen LogP contribution in [0.2, 0.25) is 10.0 Å². The van der Waals surface area contributed by atoms with Gasteiger partial charge in [-0.15, -0.1) is 0 Å². The molecule has 1 heterocycles. The van der Waals surface area contributed by atoms with Crippen LogP contribution >= 0.6 is 23.2 Å². The lowest BCUT2D eigenvalue weighted by Gasteiger charge is -2.07. The van der Waals surface area contributed by atoms with Gasteiger partial charge in [-0.25, -0.2) is 4.98 Å². The van der Waals surface area contributed by atoms with Gasteiger partial charge in [-0.2, -0.15) is 0 Å². The van der Waals surface area contributed by atoms with Crippen molar-refractivity contribution in [3.8, 4) is 11.6 Å². The number of amides is 1. The topological polar surface area (TPSA) is 51.2 Å². The SMILES string of the molecule is CC(=O)N[C@@H](C)/C=C/c1ccc(Oc2ccc(Cl)c(Cl)c2)nc1. The van der Waals surface area contributed by atoms with Crippen molar-refractivity contribution in [1.29, 1.82) is 0 Å². The van der Waals surface area contributed by atoms with Crippen LogP contribution in [0.15, 0.2) is 42.6 Å². The first-order chi connectivity index (χ1) is 10.9. The van der Waals surface area contributed by atoms with Crippen molar-refractivity contribution < 1.29 is 9.53 Å². The van der Waals surface area contributed by atoms with E-state index in [9.17, 15) is 4.79 Å². The Labute approximate surface area is 145 Å². The lowest BCUT2D eigenvalue weighted by molar-refractivity contribution is -0.119. The van der Waals surface area contributed by atoms with E-state index in [-0.39, 0.29) is 11.9 Å². The standard InChI is InChI=1S/C17H16Cl2N2O2/c1-11(21-12(2)22)3-4-13-5-8-17(20-10-13)23-14-6-7-15(18)16(19)9-14/h3-11H,1-2H3,(H,21,22)/b4-3+/t11-/m0/s1. The minimum atomic E-state index is -0.0642. The molecule has 23 heavy (non-hydrogen) atoms. The summed E-state index contributed by atoms with van der Waals surface area (Å²) in [6.45, 7) is 3.38. The van der Waals surface area contributed by atoms with Gasteiger partial charge in [-0.05, 0) is 30.7 Å². The summed E-state index contributed by atoms with van der Waals surface area (Å²) < 4.78 is 5.61. The van der Waals surface area contributed by atoms with E-state index in [0.29, 0.717) is 21.7 Å². The van der Waals surface area contributed by atoms with Gasteiger partial charge in [0.1, 0.15) is 5.75 Å². The number of nitrogens with zero attached hydrogens (tertiary/aromatic N) is 1. The van der Waals surface area contributed by atoms with Gasteiger partial charge in [0.15, 0.2) is 0 Å². The van der Waals surface area contributed by atoms with E-state index in [1.165, 1.54) is 6.92 Å². The summed E-state index contributed by atoms with van der Waals surface area (Å²) in [5.41, 5.74) is 0.906. The predicted molar refractivity (Wildman–Crippen MR) is 93.1 cm³/mol. The Morgan fingerprint density at radius 3 is 2.65 bits per heavy atom. The maximum absolute atomic E-state index is 10.9. The van der Waals surface area contributed by atoms with Gasteiger partial charge < -0.3 is 10.1 Å². The highest BCUT2D eigenvalue weighted by molar-refractivity contribution is 6.42. The Morgan fingerprint density at radius 1 is 1.26 bits per heavy atom. The quantitative estimate of drug-likeness (QED) is 0.848. The molecule has 0 saturated heterocycles. The Bertz CT molecular complexity index is 715. The number of aromatic nitrogens is 1. The third-order valence-corrected chi connectivity index (χ3v) is 3.62. The van der Waals surface area contributed by atoms with Crippen LogP contribution in [-0.4, -0.2) is 16.9 Å². The van der Waals surface area contributed by atoms with E-state index in [1.54, 1.807) is 30.5 Å². The molecule has 6 heteroatoms. The predicted octanol–water partition coefficient (Wildman–Crippen LogP) is 4.72. The first kappa shape index (κ1) is 17.3. The molecule has 1 aromatic carbocycles. The van der Waals surface area contributed by atoms with Crippen LogP contribution in [-0.2, 0) is 4.79 Å². The number of benzene rings is 1. The van der Waals surface area contributed by atoms with Crippen LogP contribution < -0.4 is 10.1 Å². The third-order valence-electron chi connectivity index (χ3n) is 2.88. The summed E-state index contributed by atoms with van der Waals surface area (Å²) in [5.74, 6) is 0.954. The molecule has 1 atom stereocenters. The van der Waals surface area contributed by atoms with Crippen LogP contribution in [0.3, 0.4) is 0 Å². The normalized spacial score (nSPS) is 12.2. The Balaban J connectivity index is 2.00. The van der Waals surface area contributed by atoms with Gasteiger partial charge in [0, 0.05) is 31.3 Å². The fourth-order valence-corrected chi connectivity index (χ4v) is 2.12. The second-order valence-corrected chi connectivity index (χ2v) is 5.77. The van der Waals surface area contributed by atoms with E-state index in [2.05, 4.69) is 10.3 Å².